The number of nitrogens with zero attached hydrogens (tertiary/aromatic N) is 2. The minimum Gasteiger partial charge on any atom is -0.383 e. The van der Waals surface area contributed by atoms with Crippen LogP contribution in [0.3, 0.4) is 0 Å². The molecule has 4 heteroatoms. The number of hydrogen-bond acceptors (Lipinski definition) is 4. The van der Waals surface area contributed by atoms with E-state index in [2.05, 4.69) is 42.0 Å². The summed E-state index contributed by atoms with van der Waals surface area (Å²) in [5.41, 5.74) is 1.27. The van der Waals surface area contributed by atoms with Crippen LogP contribution in [0.25, 0.3) is 0 Å². The largest absolute Gasteiger partial charge is 0.383 e. The fourth-order valence-corrected chi connectivity index (χ4v) is 2.47. The quantitative estimate of drug-likeness (QED) is 0.636. The normalized spacial score (nSPS) is 11.1. The van der Waals surface area contributed by atoms with Crippen molar-refractivity contribution in [1.82, 2.24) is 10.3 Å². The Morgan fingerprint density at radius 1 is 1.29 bits per heavy atom. The summed E-state index contributed by atoms with van der Waals surface area (Å²) in [6.45, 7) is 11.3. The summed E-state index contributed by atoms with van der Waals surface area (Å²) in [6, 6.07) is 4.18. The number of rotatable bonds is 11. The molecule has 0 atom stereocenters. The topological polar surface area (TPSA) is 37.4 Å². The number of aromatic nitrogens is 1. The predicted octanol–water partition coefficient (Wildman–Crippen LogP) is 3.08. The number of nitrogens with one attached hydrogen (secondary N) is 1. The van der Waals surface area contributed by atoms with Gasteiger partial charge in [0.2, 0.25) is 0 Å². The van der Waals surface area contributed by atoms with Gasteiger partial charge < -0.3 is 15.0 Å². The van der Waals surface area contributed by atoms with E-state index >= 15 is 0 Å². The Kier molecular flexibility index (Phi) is 9.02. The zero-order valence-electron chi connectivity index (χ0n) is 14.1. The Balaban J connectivity index is 2.73. The SMILES string of the molecule is CCC(CC)CN(CC)c1ncccc1CNCCOC. The van der Waals surface area contributed by atoms with E-state index in [4.69, 9.17) is 4.74 Å². The van der Waals surface area contributed by atoms with Crippen molar-refractivity contribution in [3.63, 3.8) is 0 Å². The van der Waals surface area contributed by atoms with E-state index in [0.717, 1.165) is 44.5 Å². The van der Waals surface area contributed by atoms with Crippen molar-refractivity contribution < 1.29 is 4.74 Å². The lowest BCUT2D eigenvalue weighted by molar-refractivity contribution is 0.199. The highest BCUT2D eigenvalue weighted by atomic mass is 16.5. The molecule has 1 aromatic heterocycles. The maximum absolute atomic E-state index is 5.07. The van der Waals surface area contributed by atoms with Gasteiger partial charge >= 0.3 is 0 Å². The van der Waals surface area contributed by atoms with Crippen molar-refractivity contribution in [1.29, 1.82) is 0 Å². The van der Waals surface area contributed by atoms with Gasteiger partial charge in [-0.3, -0.25) is 0 Å². The molecule has 1 N–H and O–H groups in total. The van der Waals surface area contributed by atoms with Crippen molar-refractivity contribution in [2.45, 2.75) is 40.2 Å². The lowest BCUT2D eigenvalue weighted by Gasteiger charge is -2.28. The first-order chi connectivity index (χ1) is 10.3. The highest BCUT2D eigenvalue weighted by Gasteiger charge is 2.14. The second-order valence-electron chi connectivity index (χ2n) is 5.38. The number of methoxy groups -OCH3 is 1. The fraction of sp³-hybridized carbons (Fsp3) is 0.706. The van der Waals surface area contributed by atoms with Crippen molar-refractivity contribution in [2.24, 2.45) is 5.92 Å². The van der Waals surface area contributed by atoms with Crippen LogP contribution in [-0.4, -0.2) is 38.3 Å². The number of hydrogen-bond donors (Lipinski definition) is 1. The Hall–Kier alpha value is -1.13. The number of anilines is 1. The van der Waals surface area contributed by atoms with Crippen LogP contribution < -0.4 is 10.2 Å². The minimum atomic E-state index is 0.737. The van der Waals surface area contributed by atoms with Gasteiger partial charge in [0.15, 0.2) is 0 Å². The molecule has 0 unspecified atom stereocenters. The van der Waals surface area contributed by atoms with Crippen molar-refractivity contribution in [2.75, 3.05) is 38.3 Å². The van der Waals surface area contributed by atoms with Gasteiger partial charge in [0.05, 0.1) is 6.61 Å². The van der Waals surface area contributed by atoms with Gasteiger partial charge in [-0.25, -0.2) is 4.98 Å². The predicted molar refractivity (Wildman–Crippen MR) is 89.8 cm³/mol. The third-order valence-corrected chi connectivity index (χ3v) is 3.98. The Morgan fingerprint density at radius 3 is 2.67 bits per heavy atom. The second-order valence-corrected chi connectivity index (χ2v) is 5.38. The third kappa shape index (κ3) is 6.02. The van der Waals surface area contributed by atoms with Crippen LogP contribution >= 0.6 is 0 Å². The molecule has 0 amide bonds. The van der Waals surface area contributed by atoms with E-state index in [0.29, 0.717) is 0 Å². The van der Waals surface area contributed by atoms with Crippen LogP contribution in [0.5, 0.6) is 0 Å². The maximum atomic E-state index is 5.07. The fourth-order valence-electron chi connectivity index (χ4n) is 2.47. The molecule has 1 aromatic rings. The van der Waals surface area contributed by atoms with Gasteiger partial charge in [-0.2, -0.15) is 0 Å². The van der Waals surface area contributed by atoms with Crippen LogP contribution in [0.1, 0.15) is 39.2 Å². The van der Waals surface area contributed by atoms with Crippen LogP contribution in [0.2, 0.25) is 0 Å². The summed E-state index contributed by atoms with van der Waals surface area (Å²) >= 11 is 0. The van der Waals surface area contributed by atoms with Crippen LogP contribution in [-0.2, 0) is 11.3 Å². The van der Waals surface area contributed by atoms with E-state index in [9.17, 15) is 0 Å². The third-order valence-electron chi connectivity index (χ3n) is 3.98. The smallest absolute Gasteiger partial charge is 0.133 e. The molecule has 0 aliphatic rings. The zero-order chi connectivity index (χ0) is 15.5. The molecule has 120 valence electrons. The average Bonchev–Trinajstić information content (AvgIpc) is 2.53. The molecular weight excluding hydrogens is 262 g/mol. The lowest BCUT2D eigenvalue weighted by atomic mass is 10.0. The van der Waals surface area contributed by atoms with Gasteiger partial charge in [-0.05, 0) is 18.9 Å². The number of pyridine rings is 1. The summed E-state index contributed by atoms with van der Waals surface area (Å²) in [4.78, 5) is 7.03. The zero-order valence-corrected chi connectivity index (χ0v) is 14.1. The monoisotopic (exact) mass is 293 g/mol. The van der Waals surface area contributed by atoms with E-state index in [1.807, 2.05) is 12.3 Å². The molecule has 0 spiro atoms. The molecular formula is C17H31N3O. The first kappa shape index (κ1) is 17.9. The standard InChI is InChI=1S/C17H31N3O/c1-5-15(6-2)14-20(7-3)17-16(9-8-10-19-17)13-18-11-12-21-4/h8-10,15,18H,5-7,11-14H2,1-4H3. The van der Waals surface area contributed by atoms with Gasteiger partial charge in [0.1, 0.15) is 5.82 Å². The van der Waals surface area contributed by atoms with E-state index in [1.165, 1.54) is 18.4 Å². The molecule has 0 aromatic carbocycles. The van der Waals surface area contributed by atoms with Gasteiger partial charge in [-0.15, -0.1) is 0 Å². The van der Waals surface area contributed by atoms with Gasteiger partial charge in [-0.1, -0.05) is 32.8 Å². The maximum Gasteiger partial charge on any atom is 0.133 e. The summed E-state index contributed by atoms with van der Waals surface area (Å²) in [7, 11) is 1.73. The molecule has 0 saturated heterocycles. The Bertz CT molecular complexity index is 380. The molecule has 0 fully saturated rings. The molecule has 0 aliphatic carbocycles. The van der Waals surface area contributed by atoms with E-state index in [1.54, 1.807) is 7.11 Å². The molecule has 0 aliphatic heterocycles. The summed E-state index contributed by atoms with van der Waals surface area (Å²) in [5.74, 6) is 1.86. The molecule has 4 nitrogen and oxygen atoms in total. The average molecular weight is 293 g/mol. The van der Waals surface area contributed by atoms with Gasteiger partial charge in [0, 0.05) is 45.0 Å². The molecule has 0 radical (unpaired) electrons. The summed E-state index contributed by atoms with van der Waals surface area (Å²) < 4.78 is 5.07. The summed E-state index contributed by atoms with van der Waals surface area (Å²) in [5, 5.41) is 3.41. The summed E-state index contributed by atoms with van der Waals surface area (Å²) in [6.07, 6.45) is 4.34. The second kappa shape index (κ2) is 10.6. The molecule has 0 bridgehead atoms. The minimum absolute atomic E-state index is 0.737. The van der Waals surface area contributed by atoms with Crippen LogP contribution in [0.15, 0.2) is 18.3 Å². The Morgan fingerprint density at radius 2 is 2.05 bits per heavy atom. The molecule has 1 rings (SSSR count). The lowest BCUT2D eigenvalue weighted by Crippen LogP contribution is -2.31. The van der Waals surface area contributed by atoms with E-state index in [-0.39, 0.29) is 0 Å². The number of ether oxygens (including phenoxy) is 1. The molecule has 1 heterocycles. The molecule has 0 saturated carbocycles. The van der Waals surface area contributed by atoms with Crippen molar-refractivity contribution in [3.8, 4) is 0 Å². The van der Waals surface area contributed by atoms with E-state index < -0.39 is 0 Å². The van der Waals surface area contributed by atoms with Gasteiger partial charge in [0.25, 0.3) is 0 Å². The molecule has 21 heavy (non-hydrogen) atoms. The Labute approximate surface area is 129 Å². The van der Waals surface area contributed by atoms with Crippen molar-refractivity contribution in [3.05, 3.63) is 23.9 Å². The van der Waals surface area contributed by atoms with Crippen molar-refractivity contribution >= 4 is 5.82 Å². The highest BCUT2D eigenvalue weighted by Crippen LogP contribution is 2.20. The first-order valence-corrected chi connectivity index (χ1v) is 8.15. The van der Waals surface area contributed by atoms with Crippen LogP contribution in [0, 0.1) is 5.92 Å². The van der Waals surface area contributed by atoms with Crippen LogP contribution in [0.4, 0.5) is 5.82 Å². The first-order valence-electron chi connectivity index (χ1n) is 8.15. The highest BCUT2D eigenvalue weighted by molar-refractivity contribution is 5.46.